The number of hydrogen-bond acceptors (Lipinski definition) is 10. The number of alkyl halides is 3. The van der Waals surface area contributed by atoms with Crippen molar-refractivity contribution in [2.24, 2.45) is 5.16 Å². The molecule has 10 nitrogen and oxygen atoms in total. The monoisotopic (exact) mass is 527 g/mol. The quantitative estimate of drug-likeness (QED) is 0.187. The first-order chi connectivity index (χ1) is 14.5. The minimum atomic E-state index is -1.78. The first-order valence-corrected chi connectivity index (χ1v) is 11.5. The van der Waals surface area contributed by atoms with Crippen LogP contribution < -0.4 is 11.1 Å². The van der Waals surface area contributed by atoms with Crippen LogP contribution in [0.15, 0.2) is 22.3 Å². The van der Waals surface area contributed by atoms with E-state index in [1.807, 2.05) is 6.92 Å². The van der Waals surface area contributed by atoms with Crippen molar-refractivity contribution in [3.63, 3.8) is 0 Å². The molecular formula is C16H16Cl3N5O5S2. The van der Waals surface area contributed by atoms with Gasteiger partial charge < -0.3 is 20.6 Å². The molecule has 0 bridgehead atoms. The highest BCUT2D eigenvalue weighted by Crippen LogP contribution is 2.41. The first-order valence-electron chi connectivity index (χ1n) is 8.59. The van der Waals surface area contributed by atoms with E-state index in [1.54, 1.807) is 11.5 Å². The number of nitrogens with one attached hydrogen (secondary N) is 1. The number of thioether (sulfide) groups is 1. The normalized spacial score (nSPS) is 23.5. The molecule has 0 saturated carbocycles. The molecule has 1 fully saturated rings. The van der Waals surface area contributed by atoms with Crippen LogP contribution in [0.2, 0.25) is 0 Å². The second-order valence-corrected chi connectivity index (χ2v) is 11.2. The predicted molar refractivity (Wildman–Crippen MR) is 119 cm³/mol. The van der Waals surface area contributed by atoms with E-state index in [0.29, 0.717) is 0 Å². The van der Waals surface area contributed by atoms with Gasteiger partial charge in [-0.05, 0) is 13.0 Å². The van der Waals surface area contributed by atoms with Crippen molar-refractivity contribution in [2.45, 2.75) is 27.4 Å². The van der Waals surface area contributed by atoms with Gasteiger partial charge in [-0.15, -0.1) is 23.1 Å². The molecule has 3 heterocycles. The summed E-state index contributed by atoms with van der Waals surface area (Å²) in [6, 6.07) is -0.900. The number of nitrogens with zero attached hydrogens (tertiary/aromatic N) is 3. The maximum absolute atomic E-state index is 12.7. The summed E-state index contributed by atoms with van der Waals surface area (Å²) >= 11 is 19.3. The number of anilines is 1. The van der Waals surface area contributed by atoms with E-state index >= 15 is 0 Å². The summed E-state index contributed by atoms with van der Waals surface area (Å²) in [5.41, 5.74) is 5.72. The fraction of sp³-hybridized carbons (Fsp3) is 0.438. The number of amides is 2. The van der Waals surface area contributed by atoms with Crippen molar-refractivity contribution in [2.75, 3.05) is 19.5 Å². The number of carbonyl (C=O) groups is 3. The summed E-state index contributed by atoms with van der Waals surface area (Å²) in [6.07, 6.45) is 1.58. The lowest BCUT2D eigenvalue weighted by Crippen LogP contribution is -2.71. The van der Waals surface area contributed by atoms with E-state index in [1.165, 1.54) is 23.8 Å². The fourth-order valence-corrected chi connectivity index (χ4v) is 4.88. The van der Waals surface area contributed by atoms with Crippen LogP contribution in [0.25, 0.3) is 0 Å². The van der Waals surface area contributed by atoms with Gasteiger partial charge in [0.15, 0.2) is 10.8 Å². The number of ether oxygens (including phenoxy) is 1. The molecular weight excluding hydrogens is 513 g/mol. The molecule has 31 heavy (non-hydrogen) atoms. The number of β-lactam (4-membered cyclic amide) rings is 1. The number of nitrogens with two attached hydrogens (primary N) is 1. The molecule has 3 atom stereocenters. The van der Waals surface area contributed by atoms with Gasteiger partial charge in [-0.2, -0.15) is 0 Å². The molecule has 1 aromatic rings. The number of aromatic nitrogens is 1. The molecule has 2 aliphatic heterocycles. The molecule has 3 N–H and O–H groups in total. The lowest BCUT2D eigenvalue weighted by atomic mass is 10.0. The zero-order chi connectivity index (χ0) is 22.9. The third-order valence-electron chi connectivity index (χ3n) is 4.07. The van der Waals surface area contributed by atoms with Crippen LogP contribution in [0.3, 0.4) is 0 Å². The van der Waals surface area contributed by atoms with Crippen molar-refractivity contribution in [3.05, 3.63) is 22.8 Å². The van der Waals surface area contributed by atoms with Crippen molar-refractivity contribution < 1.29 is 24.0 Å². The SMILES string of the molecule is CON=C(C(=O)NC1C(=O)N2C(C(=O)OCC(Cl)(Cl)Cl)=CC(C)S[C@H]12)c1csc(N)n1. The van der Waals surface area contributed by atoms with Crippen LogP contribution in [0.5, 0.6) is 0 Å². The number of rotatable bonds is 6. The smallest absolute Gasteiger partial charge is 0.354 e. The third-order valence-corrected chi connectivity index (χ3v) is 6.40. The lowest BCUT2D eigenvalue weighted by molar-refractivity contribution is -0.152. The molecule has 0 aromatic carbocycles. The van der Waals surface area contributed by atoms with Gasteiger partial charge in [0.1, 0.15) is 36.5 Å². The molecule has 2 aliphatic rings. The maximum Gasteiger partial charge on any atom is 0.354 e. The number of hydrogen-bond donors (Lipinski definition) is 2. The average molecular weight is 529 g/mol. The number of fused-ring (bicyclic) bond motifs is 1. The van der Waals surface area contributed by atoms with E-state index in [0.717, 1.165) is 11.3 Å². The Bertz CT molecular complexity index is 964. The Balaban J connectivity index is 1.73. The largest absolute Gasteiger partial charge is 0.456 e. The van der Waals surface area contributed by atoms with E-state index in [9.17, 15) is 14.4 Å². The van der Waals surface area contributed by atoms with Crippen molar-refractivity contribution in [1.82, 2.24) is 15.2 Å². The molecule has 1 saturated heterocycles. The molecule has 1 aromatic heterocycles. The van der Waals surface area contributed by atoms with Crippen LogP contribution in [0, 0.1) is 0 Å². The van der Waals surface area contributed by atoms with Gasteiger partial charge in [-0.1, -0.05) is 40.0 Å². The Morgan fingerprint density at radius 1 is 1.42 bits per heavy atom. The second kappa shape index (κ2) is 9.41. The van der Waals surface area contributed by atoms with E-state index < -0.39 is 39.6 Å². The van der Waals surface area contributed by atoms with Gasteiger partial charge in [0.25, 0.3) is 11.8 Å². The minimum absolute atomic E-state index is 0.0269. The van der Waals surface area contributed by atoms with E-state index in [4.69, 9.17) is 50.1 Å². The standard InChI is InChI=1S/C16H16Cl3N5O5S2/c1-6-3-8(14(27)29-5-16(17,18)19)24-12(26)10(13(24)31-6)22-11(25)9(23-28-2)7-4-30-15(20)21-7/h3-4,6,10,13H,5H2,1-2H3,(H2,20,21)(H,22,25)/t6?,10?,13-/m1/s1. The molecule has 0 radical (unpaired) electrons. The van der Waals surface area contributed by atoms with Crippen LogP contribution in [-0.4, -0.2) is 67.6 Å². The van der Waals surface area contributed by atoms with Crippen LogP contribution >= 0.6 is 57.9 Å². The predicted octanol–water partition coefficient (Wildman–Crippen LogP) is 1.66. The highest BCUT2D eigenvalue weighted by atomic mass is 35.6. The Morgan fingerprint density at radius 3 is 2.71 bits per heavy atom. The number of halogens is 3. The van der Waals surface area contributed by atoms with Gasteiger partial charge in [0, 0.05) is 10.6 Å². The summed E-state index contributed by atoms with van der Waals surface area (Å²) in [6.45, 7) is 1.36. The third kappa shape index (κ3) is 5.37. The van der Waals surface area contributed by atoms with Gasteiger partial charge in [0.2, 0.25) is 3.79 Å². The average Bonchev–Trinajstić information content (AvgIpc) is 3.12. The highest BCUT2D eigenvalue weighted by molar-refractivity contribution is 8.00. The lowest BCUT2D eigenvalue weighted by Gasteiger charge is -2.49. The van der Waals surface area contributed by atoms with Crippen LogP contribution in [-0.2, 0) is 24.0 Å². The van der Waals surface area contributed by atoms with Gasteiger partial charge in [-0.25, -0.2) is 9.78 Å². The van der Waals surface area contributed by atoms with Gasteiger partial charge in [0.05, 0.1) is 0 Å². The zero-order valence-electron chi connectivity index (χ0n) is 16.0. The Hall–Kier alpha value is -1.73. The summed E-state index contributed by atoms with van der Waals surface area (Å²) in [5, 5.41) is 7.42. The summed E-state index contributed by atoms with van der Waals surface area (Å²) in [5.74, 6) is -1.97. The van der Waals surface area contributed by atoms with Crippen LogP contribution in [0.1, 0.15) is 12.6 Å². The highest BCUT2D eigenvalue weighted by Gasteiger charge is 2.54. The summed E-state index contributed by atoms with van der Waals surface area (Å²) < 4.78 is 3.21. The van der Waals surface area contributed by atoms with Crippen LogP contribution in [0.4, 0.5) is 5.13 Å². The maximum atomic E-state index is 12.7. The number of nitrogen functional groups attached to an aromatic ring is 1. The second-order valence-electron chi connectivity index (χ2n) is 6.33. The first kappa shape index (κ1) is 23.9. The van der Waals surface area contributed by atoms with Crippen molar-refractivity contribution >= 4 is 86.5 Å². The molecule has 0 spiro atoms. The van der Waals surface area contributed by atoms with E-state index in [-0.39, 0.29) is 27.5 Å². The Kier molecular flexibility index (Phi) is 7.26. The number of oxime groups is 1. The van der Waals surface area contributed by atoms with Gasteiger partial charge in [-0.3, -0.25) is 14.5 Å². The van der Waals surface area contributed by atoms with E-state index in [2.05, 4.69) is 15.5 Å². The molecule has 2 amide bonds. The summed E-state index contributed by atoms with van der Waals surface area (Å²) in [7, 11) is 1.28. The number of esters is 1. The number of thiazole rings is 1. The fourth-order valence-electron chi connectivity index (χ4n) is 2.84. The molecule has 168 valence electrons. The number of carbonyl (C=O) groups excluding carboxylic acids is 3. The van der Waals surface area contributed by atoms with Gasteiger partial charge >= 0.3 is 5.97 Å². The topological polar surface area (TPSA) is 136 Å². The van der Waals surface area contributed by atoms with Crippen molar-refractivity contribution in [3.8, 4) is 0 Å². The molecule has 3 rings (SSSR count). The van der Waals surface area contributed by atoms with Crippen molar-refractivity contribution in [1.29, 1.82) is 0 Å². The Morgan fingerprint density at radius 2 is 2.13 bits per heavy atom. The molecule has 15 heteroatoms. The molecule has 2 unspecified atom stereocenters. The molecule has 0 aliphatic carbocycles. The minimum Gasteiger partial charge on any atom is -0.456 e. The Labute approximate surface area is 200 Å². The summed E-state index contributed by atoms with van der Waals surface area (Å²) in [4.78, 5) is 47.9. The zero-order valence-corrected chi connectivity index (χ0v) is 19.9.